The summed E-state index contributed by atoms with van der Waals surface area (Å²) in [5, 5.41) is 2.56. The largest absolute Gasteiger partial charge is 0.772 e. The second-order valence-corrected chi connectivity index (χ2v) is 7.76. The number of nitrogens with one attached hydrogen (secondary N) is 1. The molecule has 7 nitrogen and oxygen atoms in total. The second-order valence-electron chi connectivity index (χ2n) is 6.87. The summed E-state index contributed by atoms with van der Waals surface area (Å²) in [6.07, 6.45) is -3.17. The number of nitrogens with zero attached hydrogens (tertiary/aromatic N) is 2. The van der Waals surface area contributed by atoms with Crippen LogP contribution in [0.2, 0.25) is 0 Å². The molecule has 3 rings (SSSR count). The van der Waals surface area contributed by atoms with Gasteiger partial charge in [-0.05, 0) is 60.0 Å². The minimum absolute atomic E-state index is 0.00692. The summed E-state index contributed by atoms with van der Waals surface area (Å²) in [7, 11) is 0. The van der Waals surface area contributed by atoms with Crippen LogP contribution in [-0.2, 0) is 29.6 Å². The van der Waals surface area contributed by atoms with Crippen LogP contribution in [0.5, 0.6) is 0 Å². The first kappa shape index (κ1) is 23.4. The maximum atomic E-state index is 13.1. The van der Waals surface area contributed by atoms with Crippen molar-refractivity contribution in [2.45, 2.75) is 25.4 Å². The third-order valence-electron chi connectivity index (χ3n) is 4.56. The van der Waals surface area contributed by atoms with Gasteiger partial charge in [0, 0.05) is 24.1 Å². The van der Waals surface area contributed by atoms with Crippen molar-refractivity contribution in [3.05, 3.63) is 93.2 Å². The van der Waals surface area contributed by atoms with Gasteiger partial charge in [-0.1, -0.05) is 12.1 Å². The fraction of sp³-hybridized carbons (Fsp3) is 0.190. The van der Waals surface area contributed by atoms with Crippen molar-refractivity contribution in [1.82, 2.24) is 14.9 Å². The third kappa shape index (κ3) is 5.48. The molecule has 3 aromatic rings. The number of carbonyl (C=O) groups is 1. The summed E-state index contributed by atoms with van der Waals surface area (Å²) in [4.78, 5) is 29.4. The Morgan fingerprint density at radius 3 is 2.56 bits per heavy atom. The van der Waals surface area contributed by atoms with Crippen LogP contribution in [0.4, 0.5) is 13.2 Å². The standard InChI is InChI=1S/C21H18F3N3O4S/c1-13-5-8-18(19(28)26-11-14-6-7-16(25-10-14)12-32(30)31)20(29)27(13)17-4-2-3-15(9-17)21(22,23)24/h2-10H,11-12H2,1H3,(H,26,28)(H,30,31)/p-1. The van der Waals surface area contributed by atoms with E-state index in [0.717, 1.165) is 16.7 Å². The van der Waals surface area contributed by atoms with Crippen molar-refractivity contribution in [1.29, 1.82) is 0 Å². The SMILES string of the molecule is Cc1ccc(C(=O)NCc2ccc(CS(=O)[O-])nc2)c(=O)n1-c1cccc(C(F)(F)F)c1. The number of rotatable bonds is 6. The molecule has 0 spiro atoms. The van der Waals surface area contributed by atoms with Gasteiger partial charge in [0.1, 0.15) is 5.56 Å². The van der Waals surface area contributed by atoms with Crippen LogP contribution >= 0.6 is 0 Å². The number of benzene rings is 1. The fourth-order valence-corrected chi connectivity index (χ4v) is 3.40. The molecule has 0 radical (unpaired) electrons. The summed E-state index contributed by atoms with van der Waals surface area (Å²) in [6.45, 7) is 1.56. The van der Waals surface area contributed by atoms with E-state index in [9.17, 15) is 31.5 Å². The molecular formula is C21H17F3N3O4S-. The Morgan fingerprint density at radius 2 is 1.94 bits per heavy atom. The Hall–Kier alpha value is -3.31. The molecule has 0 bridgehead atoms. The Morgan fingerprint density at radius 1 is 1.19 bits per heavy atom. The highest BCUT2D eigenvalue weighted by atomic mass is 32.2. The number of hydrogen-bond acceptors (Lipinski definition) is 5. The van der Waals surface area contributed by atoms with Gasteiger partial charge >= 0.3 is 6.18 Å². The van der Waals surface area contributed by atoms with E-state index in [1.54, 1.807) is 13.0 Å². The Bertz CT molecular complexity index is 1220. The lowest BCUT2D eigenvalue weighted by atomic mass is 10.1. The fourth-order valence-electron chi connectivity index (χ4n) is 2.99. The zero-order valence-electron chi connectivity index (χ0n) is 16.7. The van der Waals surface area contributed by atoms with Gasteiger partial charge in [0.25, 0.3) is 11.5 Å². The smallest absolute Gasteiger partial charge is 0.416 e. The maximum absolute atomic E-state index is 13.1. The predicted octanol–water partition coefficient (Wildman–Crippen LogP) is 2.87. The van der Waals surface area contributed by atoms with Gasteiger partial charge in [-0.15, -0.1) is 0 Å². The summed E-state index contributed by atoms with van der Waals surface area (Å²) < 4.78 is 61.6. The van der Waals surface area contributed by atoms with Crippen molar-refractivity contribution in [2.24, 2.45) is 0 Å². The minimum atomic E-state index is -4.57. The van der Waals surface area contributed by atoms with Gasteiger partial charge in [0.15, 0.2) is 0 Å². The molecule has 0 saturated heterocycles. The van der Waals surface area contributed by atoms with Crippen LogP contribution in [0.1, 0.15) is 32.9 Å². The molecule has 0 aliphatic rings. The first-order chi connectivity index (χ1) is 15.1. The van der Waals surface area contributed by atoms with Crippen molar-refractivity contribution in [2.75, 3.05) is 0 Å². The average molecular weight is 464 g/mol. The van der Waals surface area contributed by atoms with Crippen LogP contribution in [0.25, 0.3) is 5.69 Å². The number of hydrogen-bond donors (Lipinski definition) is 1. The van der Waals surface area contributed by atoms with Crippen LogP contribution in [-0.4, -0.2) is 24.2 Å². The molecule has 11 heteroatoms. The first-order valence-electron chi connectivity index (χ1n) is 9.24. The van der Waals surface area contributed by atoms with Crippen molar-refractivity contribution >= 4 is 17.0 Å². The van der Waals surface area contributed by atoms with Crippen LogP contribution in [0.15, 0.2) is 59.5 Å². The van der Waals surface area contributed by atoms with E-state index in [4.69, 9.17) is 0 Å². The molecule has 0 aliphatic carbocycles. The van der Waals surface area contributed by atoms with Crippen LogP contribution in [0, 0.1) is 6.92 Å². The van der Waals surface area contributed by atoms with E-state index < -0.39 is 34.3 Å². The third-order valence-corrected chi connectivity index (χ3v) is 5.09. The molecule has 32 heavy (non-hydrogen) atoms. The number of carbonyl (C=O) groups excluding carboxylic acids is 1. The topological polar surface area (TPSA) is 104 Å². The van der Waals surface area contributed by atoms with Crippen molar-refractivity contribution in [3.8, 4) is 5.69 Å². The number of pyridine rings is 2. The molecule has 2 heterocycles. The van der Waals surface area contributed by atoms with Crippen LogP contribution < -0.4 is 10.9 Å². The number of aryl methyl sites for hydroxylation is 1. The quantitative estimate of drug-likeness (QED) is 0.565. The number of amides is 1. The molecule has 1 unspecified atom stereocenters. The average Bonchev–Trinajstić information content (AvgIpc) is 2.72. The van der Waals surface area contributed by atoms with E-state index in [0.29, 0.717) is 17.0 Å². The molecule has 0 saturated carbocycles. The van der Waals surface area contributed by atoms with Crippen molar-refractivity contribution in [3.63, 3.8) is 0 Å². The number of halogens is 3. The van der Waals surface area contributed by atoms with E-state index in [1.807, 2.05) is 0 Å². The highest BCUT2D eigenvalue weighted by molar-refractivity contribution is 7.78. The van der Waals surface area contributed by atoms with Gasteiger partial charge in [-0.3, -0.25) is 23.3 Å². The molecule has 1 atom stereocenters. The minimum Gasteiger partial charge on any atom is -0.772 e. The molecule has 1 aromatic carbocycles. The molecule has 0 fully saturated rings. The monoisotopic (exact) mass is 464 g/mol. The normalized spacial score (nSPS) is 12.4. The lowest BCUT2D eigenvalue weighted by Gasteiger charge is -2.14. The highest BCUT2D eigenvalue weighted by Crippen LogP contribution is 2.30. The molecular weight excluding hydrogens is 447 g/mol. The van der Waals surface area contributed by atoms with Crippen LogP contribution in [0.3, 0.4) is 0 Å². The lowest BCUT2D eigenvalue weighted by Crippen LogP contribution is -2.33. The molecule has 2 aromatic heterocycles. The first-order valence-corrected chi connectivity index (χ1v) is 10.5. The zero-order valence-corrected chi connectivity index (χ0v) is 17.5. The molecule has 1 N–H and O–H groups in total. The molecule has 1 amide bonds. The van der Waals surface area contributed by atoms with E-state index in [-0.39, 0.29) is 23.5 Å². The number of alkyl halides is 3. The van der Waals surface area contributed by atoms with E-state index >= 15 is 0 Å². The van der Waals surface area contributed by atoms with E-state index in [1.165, 1.54) is 36.5 Å². The van der Waals surface area contributed by atoms with E-state index in [2.05, 4.69) is 10.3 Å². The summed E-state index contributed by atoms with van der Waals surface area (Å²) in [5.41, 5.74) is -0.630. The molecule has 0 aliphatic heterocycles. The maximum Gasteiger partial charge on any atom is 0.416 e. The summed E-state index contributed by atoms with van der Waals surface area (Å²) in [5.74, 6) is -0.939. The predicted molar refractivity (Wildman–Crippen MR) is 110 cm³/mol. The summed E-state index contributed by atoms with van der Waals surface area (Å²) >= 11 is -2.27. The van der Waals surface area contributed by atoms with Gasteiger partial charge in [-0.2, -0.15) is 13.2 Å². The second kappa shape index (κ2) is 9.45. The van der Waals surface area contributed by atoms with Gasteiger partial charge in [0.2, 0.25) is 0 Å². The van der Waals surface area contributed by atoms with Gasteiger partial charge < -0.3 is 9.87 Å². The highest BCUT2D eigenvalue weighted by Gasteiger charge is 2.30. The Labute approximate surface area is 183 Å². The lowest BCUT2D eigenvalue weighted by molar-refractivity contribution is -0.137. The molecule has 168 valence electrons. The number of aromatic nitrogens is 2. The summed E-state index contributed by atoms with van der Waals surface area (Å²) in [6, 6.07) is 10.2. The zero-order chi connectivity index (χ0) is 23.5. The Kier molecular flexibility index (Phi) is 6.90. The Balaban J connectivity index is 1.83. The van der Waals surface area contributed by atoms with Gasteiger partial charge in [0.05, 0.1) is 17.0 Å². The van der Waals surface area contributed by atoms with Gasteiger partial charge in [-0.25, -0.2) is 0 Å². The van der Waals surface area contributed by atoms with Crippen molar-refractivity contribution < 1.29 is 26.7 Å².